The van der Waals surface area contributed by atoms with Crippen molar-refractivity contribution in [2.45, 2.75) is 5.38 Å². The third kappa shape index (κ3) is 2.67. The van der Waals surface area contributed by atoms with E-state index in [9.17, 15) is 4.79 Å². The number of amides is 1. The van der Waals surface area contributed by atoms with E-state index in [2.05, 4.69) is 21.2 Å². The Balaban J connectivity index is 1.94. The van der Waals surface area contributed by atoms with E-state index >= 15 is 0 Å². The summed E-state index contributed by atoms with van der Waals surface area (Å²) in [6.07, 6.45) is 0. The molecule has 5 heteroatoms. The summed E-state index contributed by atoms with van der Waals surface area (Å²) in [5.41, 5.74) is 2.57. The number of anilines is 1. The molecule has 1 aliphatic heterocycles. The summed E-state index contributed by atoms with van der Waals surface area (Å²) in [5.74, 6) is 0.523. The lowest BCUT2D eigenvalue weighted by molar-refractivity contribution is -0.118. The van der Waals surface area contributed by atoms with Gasteiger partial charge < -0.3 is 10.1 Å². The first-order chi connectivity index (χ1) is 9.63. The molecule has 3 nitrogen and oxygen atoms in total. The zero-order chi connectivity index (χ0) is 14.1. The Kier molecular flexibility index (Phi) is 3.68. The van der Waals surface area contributed by atoms with E-state index in [0.717, 1.165) is 15.6 Å². The zero-order valence-electron chi connectivity index (χ0n) is 10.4. The molecule has 1 amide bonds. The van der Waals surface area contributed by atoms with Crippen LogP contribution in [0.25, 0.3) is 0 Å². The lowest BCUT2D eigenvalue weighted by atomic mass is 10.0. The predicted molar refractivity (Wildman–Crippen MR) is 82.4 cm³/mol. The van der Waals surface area contributed by atoms with Crippen LogP contribution in [0, 0.1) is 0 Å². The minimum atomic E-state index is -0.281. The molecule has 0 saturated heterocycles. The molecular weight excluding hydrogens is 342 g/mol. The van der Waals surface area contributed by atoms with Crippen molar-refractivity contribution in [2.75, 3.05) is 11.9 Å². The molecule has 1 N–H and O–H groups in total. The molecule has 0 aliphatic carbocycles. The Morgan fingerprint density at radius 2 is 2.00 bits per heavy atom. The van der Waals surface area contributed by atoms with Crippen LogP contribution < -0.4 is 10.1 Å². The molecule has 0 fully saturated rings. The quantitative estimate of drug-likeness (QED) is 0.826. The molecule has 1 atom stereocenters. The number of carbonyl (C=O) groups is 1. The van der Waals surface area contributed by atoms with Crippen molar-refractivity contribution in [2.24, 2.45) is 0 Å². The van der Waals surface area contributed by atoms with Gasteiger partial charge in [-0.2, -0.15) is 0 Å². The van der Waals surface area contributed by atoms with Gasteiger partial charge in [-0.15, -0.1) is 11.6 Å². The predicted octanol–water partition coefficient (Wildman–Crippen LogP) is 4.11. The molecule has 0 aromatic heterocycles. The third-order valence-electron chi connectivity index (χ3n) is 3.07. The molecule has 0 radical (unpaired) electrons. The number of benzene rings is 2. The topological polar surface area (TPSA) is 38.3 Å². The number of nitrogens with one attached hydrogen (secondary N) is 1. The second-order valence-corrected chi connectivity index (χ2v) is 5.86. The van der Waals surface area contributed by atoms with Crippen LogP contribution >= 0.6 is 27.5 Å². The van der Waals surface area contributed by atoms with Crippen molar-refractivity contribution >= 4 is 39.1 Å². The average molecular weight is 353 g/mol. The van der Waals surface area contributed by atoms with Crippen molar-refractivity contribution < 1.29 is 9.53 Å². The SMILES string of the molecule is O=C1COc2ccc(C(Cl)c3cccc(Br)c3)cc2N1. The van der Waals surface area contributed by atoms with E-state index in [1.807, 2.05) is 42.5 Å². The summed E-state index contributed by atoms with van der Waals surface area (Å²) in [6, 6.07) is 13.4. The van der Waals surface area contributed by atoms with Gasteiger partial charge in [0, 0.05) is 4.47 Å². The number of ether oxygens (including phenoxy) is 1. The van der Waals surface area contributed by atoms with E-state index < -0.39 is 0 Å². The van der Waals surface area contributed by atoms with Gasteiger partial charge in [0.1, 0.15) is 5.75 Å². The van der Waals surface area contributed by atoms with Gasteiger partial charge in [-0.25, -0.2) is 0 Å². The molecule has 2 aromatic rings. The number of hydrogen-bond acceptors (Lipinski definition) is 2. The summed E-state index contributed by atoms with van der Waals surface area (Å²) < 4.78 is 6.31. The van der Waals surface area contributed by atoms with Gasteiger partial charge in [-0.1, -0.05) is 34.1 Å². The molecule has 0 spiro atoms. The second-order valence-electron chi connectivity index (χ2n) is 4.51. The summed E-state index contributed by atoms with van der Waals surface area (Å²) in [7, 11) is 0. The van der Waals surface area contributed by atoms with E-state index in [-0.39, 0.29) is 17.9 Å². The maximum absolute atomic E-state index is 11.3. The van der Waals surface area contributed by atoms with Crippen LogP contribution in [-0.2, 0) is 4.79 Å². The van der Waals surface area contributed by atoms with Crippen LogP contribution in [0.15, 0.2) is 46.9 Å². The first kappa shape index (κ1) is 13.5. The maximum atomic E-state index is 11.3. The average Bonchev–Trinajstić information content (AvgIpc) is 2.45. The molecular formula is C15H11BrClNO2. The highest BCUT2D eigenvalue weighted by Gasteiger charge is 2.18. The lowest BCUT2D eigenvalue weighted by Gasteiger charge is -2.20. The number of carbonyl (C=O) groups excluding carboxylic acids is 1. The normalized spacial score (nSPS) is 15.0. The van der Waals surface area contributed by atoms with Crippen molar-refractivity contribution in [3.8, 4) is 5.75 Å². The Labute approximate surface area is 130 Å². The van der Waals surface area contributed by atoms with Gasteiger partial charge in [-0.3, -0.25) is 4.79 Å². The van der Waals surface area contributed by atoms with E-state index in [0.29, 0.717) is 11.4 Å². The summed E-state index contributed by atoms with van der Waals surface area (Å²) in [6.45, 7) is 0.0578. The molecule has 2 aromatic carbocycles. The minimum absolute atomic E-state index is 0.0578. The monoisotopic (exact) mass is 351 g/mol. The van der Waals surface area contributed by atoms with E-state index in [4.69, 9.17) is 16.3 Å². The fourth-order valence-corrected chi connectivity index (χ4v) is 2.80. The molecule has 0 bridgehead atoms. The van der Waals surface area contributed by atoms with Gasteiger partial charge in [0.2, 0.25) is 0 Å². The molecule has 102 valence electrons. The number of hydrogen-bond donors (Lipinski definition) is 1. The van der Waals surface area contributed by atoms with Crippen LogP contribution in [-0.4, -0.2) is 12.5 Å². The van der Waals surface area contributed by atoms with Gasteiger partial charge in [0.05, 0.1) is 11.1 Å². The van der Waals surface area contributed by atoms with Crippen LogP contribution in [0.5, 0.6) is 5.75 Å². The van der Waals surface area contributed by atoms with Gasteiger partial charge >= 0.3 is 0 Å². The molecule has 20 heavy (non-hydrogen) atoms. The Hall–Kier alpha value is -1.52. The van der Waals surface area contributed by atoms with Crippen molar-refractivity contribution in [3.05, 3.63) is 58.1 Å². The fourth-order valence-electron chi connectivity index (χ4n) is 2.12. The largest absolute Gasteiger partial charge is 0.482 e. The molecule has 1 heterocycles. The van der Waals surface area contributed by atoms with Crippen molar-refractivity contribution in [1.29, 1.82) is 0 Å². The maximum Gasteiger partial charge on any atom is 0.262 e. The summed E-state index contributed by atoms with van der Waals surface area (Å²) in [5, 5.41) is 2.51. The van der Waals surface area contributed by atoms with Crippen LogP contribution in [0.1, 0.15) is 16.5 Å². The van der Waals surface area contributed by atoms with Crippen molar-refractivity contribution in [3.63, 3.8) is 0 Å². The Morgan fingerprint density at radius 1 is 1.20 bits per heavy atom. The van der Waals surface area contributed by atoms with Gasteiger partial charge in [0.15, 0.2) is 6.61 Å². The standard InChI is InChI=1S/C15H11BrClNO2/c16-11-3-1-2-9(6-11)15(17)10-4-5-13-12(7-10)18-14(19)8-20-13/h1-7,15H,8H2,(H,18,19). The summed E-state index contributed by atoms with van der Waals surface area (Å²) in [4.78, 5) is 11.3. The molecule has 1 aliphatic rings. The van der Waals surface area contributed by atoms with Crippen LogP contribution in [0.4, 0.5) is 5.69 Å². The first-order valence-corrected chi connectivity index (χ1v) is 7.32. The minimum Gasteiger partial charge on any atom is -0.482 e. The fraction of sp³-hybridized carbons (Fsp3) is 0.133. The van der Waals surface area contributed by atoms with Gasteiger partial charge in [0.25, 0.3) is 5.91 Å². The van der Waals surface area contributed by atoms with Crippen molar-refractivity contribution in [1.82, 2.24) is 0 Å². The lowest BCUT2D eigenvalue weighted by Crippen LogP contribution is -2.25. The number of alkyl halides is 1. The summed E-state index contributed by atoms with van der Waals surface area (Å²) >= 11 is 9.94. The highest BCUT2D eigenvalue weighted by Crippen LogP contribution is 2.36. The number of rotatable bonds is 2. The van der Waals surface area contributed by atoms with Gasteiger partial charge in [-0.05, 0) is 35.4 Å². The Bertz CT molecular complexity index is 675. The first-order valence-electron chi connectivity index (χ1n) is 6.09. The van der Waals surface area contributed by atoms with Crippen LogP contribution in [0.3, 0.4) is 0 Å². The van der Waals surface area contributed by atoms with E-state index in [1.54, 1.807) is 0 Å². The smallest absolute Gasteiger partial charge is 0.262 e. The third-order valence-corrected chi connectivity index (χ3v) is 4.07. The highest BCUT2D eigenvalue weighted by molar-refractivity contribution is 9.10. The zero-order valence-corrected chi connectivity index (χ0v) is 12.7. The number of halogens is 2. The molecule has 1 unspecified atom stereocenters. The molecule has 0 saturated carbocycles. The highest BCUT2D eigenvalue weighted by atomic mass is 79.9. The molecule has 3 rings (SSSR count). The van der Waals surface area contributed by atoms with E-state index in [1.165, 1.54) is 0 Å². The van der Waals surface area contributed by atoms with Crippen LogP contribution in [0.2, 0.25) is 0 Å². The Morgan fingerprint density at radius 3 is 2.80 bits per heavy atom. The number of fused-ring (bicyclic) bond motifs is 1. The second kappa shape index (κ2) is 5.46.